The second-order valence-electron chi connectivity index (χ2n) is 13.8. The fraction of sp³-hybridized carbons (Fsp3) is 0.0571. The molecule has 0 spiro atoms. The summed E-state index contributed by atoms with van der Waals surface area (Å²) in [5.41, 5.74) is 8.08. The smallest absolute Gasteiger partial charge is 1.00 e. The van der Waals surface area contributed by atoms with Crippen LogP contribution in [0.3, 0.4) is 0 Å². The van der Waals surface area contributed by atoms with Crippen molar-refractivity contribution in [3.05, 3.63) is 97.1 Å². The summed E-state index contributed by atoms with van der Waals surface area (Å²) in [6, 6.07) is 16.4. The van der Waals surface area contributed by atoms with E-state index >= 15 is 0 Å². The summed E-state index contributed by atoms with van der Waals surface area (Å²) in [5.74, 6) is -2.08. The molecule has 30 nitrogen and oxygen atoms in total. The molecule has 398 valence electrons. The zero-order chi connectivity index (χ0) is 55.9. The Balaban J connectivity index is 0.00000670. The number of nitrogens with two attached hydrogens (primary N) is 2. The van der Waals surface area contributed by atoms with Gasteiger partial charge in [0.05, 0.1) is 53.9 Å². The number of nitrogens with one attached hydrogen (secondary N) is 3. The number of sulfone groups is 1. The Labute approximate surface area is 582 Å². The molecule has 1 aromatic heterocycles. The second kappa shape index (κ2) is 33.2. The molecule has 79 heavy (non-hydrogen) atoms. The van der Waals surface area contributed by atoms with Crippen molar-refractivity contribution in [3.8, 4) is 0 Å². The summed E-state index contributed by atoms with van der Waals surface area (Å²) >= 11 is -1.04. The molecule has 0 bridgehead atoms. The molecule has 0 amide bonds. The van der Waals surface area contributed by atoms with Gasteiger partial charge in [-0.1, -0.05) is 12.1 Å². The van der Waals surface area contributed by atoms with E-state index in [0.29, 0.717) is 6.07 Å². The van der Waals surface area contributed by atoms with Gasteiger partial charge in [-0.3, -0.25) is 4.18 Å². The predicted molar refractivity (Wildman–Crippen MR) is 269 cm³/mol. The van der Waals surface area contributed by atoms with Crippen LogP contribution in [-0.2, 0) is 64.9 Å². The number of aromatic nitrogens is 3. The van der Waals surface area contributed by atoms with Gasteiger partial charge in [-0.25, -0.2) is 50.5 Å². The summed E-state index contributed by atoms with van der Waals surface area (Å²) in [6.45, 7) is -0.981. The van der Waals surface area contributed by atoms with E-state index in [2.05, 4.69) is 55.5 Å². The molecule has 0 radical (unpaired) electrons. The molecule has 6 rings (SSSR count). The maximum Gasteiger partial charge on any atom is 1.00 e. The van der Waals surface area contributed by atoms with Crippen LogP contribution in [0.25, 0.3) is 0 Å². The number of hydrogen-bond donors (Lipinski definition) is 5. The van der Waals surface area contributed by atoms with Gasteiger partial charge in [-0.2, -0.15) is 20.1 Å². The number of benzene rings is 5. The summed E-state index contributed by atoms with van der Waals surface area (Å²) in [7, 11) is -30.1. The minimum absolute atomic E-state index is 0. The Bertz CT molecular complexity index is 3860. The van der Waals surface area contributed by atoms with Gasteiger partial charge >= 0.3 is 187 Å². The van der Waals surface area contributed by atoms with E-state index < -0.39 is 145 Å². The topological polar surface area (TPSA) is 506 Å². The van der Waals surface area contributed by atoms with Crippen molar-refractivity contribution in [1.29, 1.82) is 0.594 Å². The van der Waals surface area contributed by atoms with Gasteiger partial charge in [0.1, 0.15) is 57.5 Å². The number of anilines is 8. The van der Waals surface area contributed by atoms with E-state index in [0.717, 1.165) is 66.7 Å². The molecule has 1 heterocycles. The van der Waals surface area contributed by atoms with E-state index in [1.54, 1.807) is 0 Å². The number of nitrogens with zero attached hydrogens (tertiary/aromatic N) is 7. The molecular formula is C35H28FI2N12Na5O18S6. The van der Waals surface area contributed by atoms with Gasteiger partial charge in [-0.15, -0.1) is 15.3 Å². The molecule has 6 aromatic rings. The van der Waals surface area contributed by atoms with Crippen LogP contribution in [0.4, 0.5) is 71.9 Å². The quantitative estimate of drug-likeness (QED) is 0.0126. The van der Waals surface area contributed by atoms with Crippen LogP contribution in [0, 0.1) is 0 Å². The van der Waals surface area contributed by atoms with Crippen LogP contribution < -0.4 is 175 Å². The van der Waals surface area contributed by atoms with Gasteiger partial charge in [0.2, 0.25) is 28.2 Å². The van der Waals surface area contributed by atoms with E-state index in [4.69, 9.17) is 12.1 Å². The van der Waals surface area contributed by atoms with Crippen molar-refractivity contribution < 1.29 is 228 Å². The average Bonchev–Trinajstić information content (AvgIpc) is 3.27. The van der Waals surface area contributed by atoms with Crippen molar-refractivity contribution in [3.63, 3.8) is 0 Å². The fourth-order valence-corrected chi connectivity index (χ4v) is 9.36. The number of rotatable bonds is 19. The summed E-state index contributed by atoms with van der Waals surface area (Å²) in [4.78, 5) is 8.61. The third-order valence-electron chi connectivity index (χ3n) is 8.77. The molecular weight excluding hydrogens is 1460 g/mol. The number of azo groups is 2. The molecule has 0 aliphatic heterocycles. The Morgan fingerprint density at radius 2 is 0.975 bits per heavy atom. The van der Waals surface area contributed by atoms with E-state index in [-0.39, 0.29) is 187 Å². The van der Waals surface area contributed by atoms with E-state index in [1.165, 1.54) is 42.9 Å². The SMILES string of the molecule is Nc1c(N=Nc2cc(Nc3nc(Nc4cccc(S(=O)(=O)[O-])c4)nc(Nc4cccc(S(=O)(=O)[O-])c4)n3)ccc2S(=O)(=O)[O-])cc(S(=O)(=O)[O-])c(N)c1N=Nc1ccc(S(=O)(=O)CCOS(=O)(=O)[O-])cc1.[2H]I(F)I.[Na+].[Na+].[Na+].[Na+].[Na+]. The van der Waals surface area contributed by atoms with Crippen LogP contribution in [0.15, 0.2) is 142 Å². The molecule has 0 unspecified atom stereocenters. The van der Waals surface area contributed by atoms with Crippen LogP contribution in [-0.4, -0.2) is 101 Å². The number of hydrogen-bond acceptors (Lipinski definition) is 30. The zero-order valence-corrected chi connectivity index (χ0v) is 60.1. The van der Waals surface area contributed by atoms with Gasteiger partial charge in [0.15, 0.2) is 9.84 Å². The van der Waals surface area contributed by atoms with Crippen molar-refractivity contribution in [2.75, 3.05) is 39.8 Å². The third-order valence-corrected chi connectivity index (χ3v) is 14.3. The van der Waals surface area contributed by atoms with Crippen LogP contribution >= 0.6 is 36.2 Å². The standard InChI is InChI=1S/C35H32N12O18S6.FHI2.5Na/c36-30-27(18-29(70(59,60)61)31(37)32(30)47-44-19-7-10-23(11-8-19)66(48,49)14-13-65-71(62,63)64)46-45-26-17-22(9-12-28(26)69(56,57)58)40-35-42-33(38-20-3-1-5-24(15-20)67(50,51)52)41-34(43-35)39-21-4-2-6-25(16-21)68(53,54)55;1-3-2;;;;;/h1-12,15-18H,13-14,36-37H2,(H,50,51,52)(H,53,54,55)(H,56,57,58)(H,59,60,61)(H,62,63,64)(H3,38,39,40,41,42,43);3H;;;;;/q;;5*+1/p-5/i;3D;;;;;. The first-order valence-electron chi connectivity index (χ1n) is 19.3. The van der Waals surface area contributed by atoms with Crippen molar-refractivity contribution in [1.82, 2.24) is 15.0 Å². The van der Waals surface area contributed by atoms with E-state index in [9.17, 15) is 76.1 Å². The maximum absolute atomic E-state index is 12.5. The molecule has 0 fully saturated rings. The first-order chi connectivity index (χ1) is 34.6. The number of nitrogen functional groups attached to an aromatic ring is 2. The van der Waals surface area contributed by atoms with Crippen molar-refractivity contribution in [2.45, 2.75) is 24.5 Å². The Morgan fingerprint density at radius 1 is 0.544 bits per heavy atom. The Morgan fingerprint density at radius 3 is 1.39 bits per heavy atom. The first-order valence-corrected chi connectivity index (χ1v) is 34.6. The average molecular weight is 1490 g/mol. The van der Waals surface area contributed by atoms with Crippen LogP contribution in [0.2, 0.25) is 0 Å². The van der Waals surface area contributed by atoms with Crippen LogP contribution in [0.5, 0.6) is 0 Å². The molecule has 44 heteroatoms. The molecule has 0 saturated heterocycles. The largest absolute Gasteiger partial charge is 1.00 e. The minimum atomic E-state index is -5.47. The maximum atomic E-state index is 12.5. The van der Waals surface area contributed by atoms with Crippen LogP contribution in [0.1, 0.15) is 0 Å². The second-order valence-corrected chi connectivity index (χ2v) is 24.8. The molecule has 0 atom stereocenters. The minimum Gasteiger partial charge on any atom is 1.00 e. The zero-order valence-electron chi connectivity index (χ0n) is 41.9. The Hall–Kier alpha value is -0.840. The molecule has 0 saturated carbocycles. The monoisotopic (exact) mass is 1480 g/mol. The van der Waals surface area contributed by atoms with Gasteiger partial charge in [0, 0.05) is 17.1 Å². The van der Waals surface area contributed by atoms with Crippen molar-refractivity contribution >= 4 is 166 Å². The summed E-state index contributed by atoms with van der Waals surface area (Å²) in [6.07, 6.45) is 0. The third kappa shape index (κ3) is 24.2. The molecule has 7 N–H and O–H groups in total. The normalized spacial score (nSPS) is 12.1. The Kier molecular flexibility index (Phi) is 32.0. The molecule has 0 aliphatic carbocycles. The predicted octanol–water partition coefficient (Wildman–Crippen LogP) is -10.1. The summed E-state index contributed by atoms with van der Waals surface area (Å²) < 4.78 is 222. The molecule has 5 aromatic carbocycles. The van der Waals surface area contributed by atoms with E-state index in [1.807, 2.05) is 0 Å². The van der Waals surface area contributed by atoms with Gasteiger partial charge in [-0.05, 0) is 84.9 Å². The van der Waals surface area contributed by atoms with Gasteiger partial charge in [0.25, 0.3) is 0 Å². The van der Waals surface area contributed by atoms with Crippen molar-refractivity contribution in [2.24, 2.45) is 20.5 Å². The summed E-state index contributed by atoms with van der Waals surface area (Å²) in [5, 5.41) is 23.1. The molecule has 0 aliphatic rings. The number of halogens is 3. The first kappa shape index (κ1) is 76.2. The fourth-order valence-electron chi connectivity index (χ4n) is 5.63. The van der Waals surface area contributed by atoms with Gasteiger partial charge < -0.3 is 50.2 Å².